The predicted octanol–water partition coefficient (Wildman–Crippen LogP) is 1.42. The maximum Gasteiger partial charge on any atom is 0.347 e. The first kappa shape index (κ1) is 19.1. The van der Waals surface area contributed by atoms with E-state index in [-0.39, 0.29) is 6.73 Å². The summed E-state index contributed by atoms with van der Waals surface area (Å²) >= 11 is 0. The van der Waals surface area contributed by atoms with Crippen LogP contribution in [0.5, 0.6) is 0 Å². The van der Waals surface area contributed by atoms with Crippen LogP contribution in [0.1, 0.15) is 32.6 Å². The maximum atomic E-state index is 12.1. The molecule has 0 aliphatic carbocycles. The van der Waals surface area contributed by atoms with Crippen LogP contribution in [0, 0.1) is 0 Å². The summed E-state index contributed by atoms with van der Waals surface area (Å²) in [4.78, 5) is 18.3. The summed E-state index contributed by atoms with van der Waals surface area (Å²) in [7, 11) is 3.07. The SMILES string of the molecule is CCCCOCN(CO)C(=O)N(CCCCOC)OC. The third-order valence-electron chi connectivity index (χ3n) is 2.72. The number of carbonyl (C=O) groups excluding carboxylic acids is 1. The van der Waals surface area contributed by atoms with Crippen LogP contribution in [-0.2, 0) is 14.3 Å². The molecule has 0 saturated heterocycles. The second kappa shape index (κ2) is 13.1. The lowest BCUT2D eigenvalue weighted by Crippen LogP contribution is -2.44. The fraction of sp³-hybridized carbons (Fsp3) is 0.923. The van der Waals surface area contributed by atoms with Gasteiger partial charge >= 0.3 is 6.03 Å². The van der Waals surface area contributed by atoms with E-state index in [2.05, 4.69) is 6.92 Å². The molecule has 20 heavy (non-hydrogen) atoms. The van der Waals surface area contributed by atoms with E-state index in [1.165, 1.54) is 17.1 Å². The third kappa shape index (κ3) is 8.31. The molecule has 0 bridgehead atoms. The molecule has 0 aromatic carbocycles. The van der Waals surface area contributed by atoms with Gasteiger partial charge in [0, 0.05) is 20.3 Å². The number of hydroxylamine groups is 2. The Morgan fingerprint density at radius 2 is 1.90 bits per heavy atom. The number of amides is 2. The highest BCUT2D eigenvalue weighted by Gasteiger charge is 2.20. The molecule has 7 nitrogen and oxygen atoms in total. The van der Waals surface area contributed by atoms with Gasteiger partial charge in [-0.15, -0.1) is 0 Å². The van der Waals surface area contributed by atoms with Gasteiger partial charge in [0.25, 0.3) is 0 Å². The molecule has 1 N–H and O–H groups in total. The molecule has 0 heterocycles. The van der Waals surface area contributed by atoms with E-state index >= 15 is 0 Å². The summed E-state index contributed by atoms with van der Waals surface area (Å²) in [5.74, 6) is 0. The van der Waals surface area contributed by atoms with E-state index in [9.17, 15) is 9.90 Å². The number of carbonyl (C=O) groups is 1. The Labute approximate surface area is 121 Å². The summed E-state index contributed by atoms with van der Waals surface area (Å²) in [6.07, 6.45) is 3.56. The molecule has 0 aliphatic rings. The zero-order chi connectivity index (χ0) is 15.2. The Morgan fingerprint density at radius 3 is 2.45 bits per heavy atom. The normalized spacial score (nSPS) is 10.6. The number of unbranched alkanes of at least 4 members (excludes halogenated alkanes) is 2. The van der Waals surface area contributed by atoms with E-state index in [1.54, 1.807) is 7.11 Å². The Morgan fingerprint density at radius 1 is 1.15 bits per heavy atom. The lowest BCUT2D eigenvalue weighted by Gasteiger charge is -2.27. The number of ether oxygens (including phenoxy) is 2. The minimum atomic E-state index is -0.400. The van der Waals surface area contributed by atoms with E-state index in [0.29, 0.717) is 19.8 Å². The number of nitrogens with zero attached hydrogens (tertiary/aromatic N) is 2. The van der Waals surface area contributed by atoms with Gasteiger partial charge in [0.15, 0.2) is 0 Å². The minimum absolute atomic E-state index is 0.0628. The van der Waals surface area contributed by atoms with Gasteiger partial charge in [-0.25, -0.2) is 9.86 Å². The molecular weight excluding hydrogens is 264 g/mol. The van der Waals surface area contributed by atoms with Crippen LogP contribution in [0.15, 0.2) is 0 Å². The highest BCUT2D eigenvalue weighted by atomic mass is 16.7. The molecule has 0 spiro atoms. The molecule has 0 aliphatic heterocycles. The van der Waals surface area contributed by atoms with Crippen molar-refractivity contribution < 1.29 is 24.2 Å². The average Bonchev–Trinajstić information content (AvgIpc) is 2.47. The molecule has 7 heteroatoms. The molecule has 0 atom stereocenters. The quantitative estimate of drug-likeness (QED) is 0.335. The summed E-state index contributed by atoms with van der Waals surface area (Å²) < 4.78 is 10.3. The van der Waals surface area contributed by atoms with Gasteiger partial charge in [-0.3, -0.25) is 9.74 Å². The van der Waals surface area contributed by atoms with E-state index in [4.69, 9.17) is 14.3 Å². The fourth-order valence-corrected chi connectivity index (χ4v) is 1.50. The Bertz CT molecular complexity index is 219. The lowest BCUT2D eigenvalue weighted by molar-refractivity contribution is -0.112. The number of aliphatic hydroxyl groups excluding tert-OH is 1. The standard InChI is InChI=1S/C13H28N2O5/c1-4-5-10-20-12-14(11-16)13(17)15(19-3)8-6-7-9-18-2/h16H,4-12H2,1-3H3. The molecule has 0 aromatic rings. The summed E-state index contributed by atoms with van der Waals surface area (Å²) in [5, 5.41) is 10.4. The second-order valence-corrected chi connectivity index (χ2v) is 4.34. The largest absolute Gasteiger partial charge is 0.385 e. The molecule has 0 radical (unpaired) electrons. The van der Waals surface area contributed by atoms with Crippen molar-refractivity contribution >= 4 is 6.03 Å². The van der Waals surface area contributed by atoms with Crippen molar-refractivity contribution in [3.05, 3.63) is 0 Å². The molecule has 0 rings (SSSR count). The van der Waals surface area contributed by atoms with Gasteiger partial charge in [-0.2, -0.15) is 0 Å². The number of hydrogen-bond donors (Lipinski definition) is 1. The molecule has 0 saturated carbocycles. The van der Waals surface area contributed by atoms with Crippen LogP contribution in [-0.4, -0.2) is 68.5 Å². The van der Waals surface area contributed by atoms with Gasteiger partial charge < -0.3 is 14.6 Å². The lowest BCUT2D eigenvalue weighted by atomic mass is 10.3. The average molecular weight is 292 g/mol. The van der Waals surface area contributed by atoms with Crippen molar-refractivity contribution in [3.8, 4) is 0 Å². The minimum Gasteiger partial charge on any atom is -0.385 e. The molecule has 0 aromatic heterocycles. The topological polar surface area (TPSA) is 71.5 Å². The highest BCUT2D eigenvalue weighted by Crippen LogP contribution is 2.03. The highest BCUT2D eigenvalue weighted by molar-refractivity contribution is 5.73. The number of methoxy groups -OCH3 is 1. The van der Waals surface area contributed by atoms with Gasteiger partial charge in [0.2, 0.25) is 0 Å². The first-order valence-electron chi connectivity index (χ1n) is 6.99. The first-order valence-corrected chi connectivity index (χ1v) is 6.99. The Kier molecular flexibility index (Phi) is 12.5. The van der Waals surface area contributed by atoms with Crippen LogP contribution in [0.4, 0.5) is 4.79 Å². The second-order valence-electron chi connectivity index (χ2n) is 4.34. The van der Waals surface area contributed by atoms with Gasteiger partial charge in [-0.1, -0.05) is 13.3 Å². The van der Waals surface area contributed by atoms with Gasteiger partial charge in [0.05, 0.1) is 13.7 Å². The van der Waals surface area contributed by atoms with Gasteiger partial charge in [0.1, 0.15) is 13.5 Å². The van der Waals surface area contributed by atoms with Crippen LogP contribution < -0.4 is 0 Å². The zero-order valence-corrected chi connectivity index (χ0v) is 12.8. The molecule has 120 valence electrons. The summed E-state index contributed by atoms with van der Waals surface area (Å²) in [5.41, 5.74) is 0. The number of rotatable bonds is 12. The monoisotopic (exact) mass is 292 g/mol. The third-order valence-corrected chi connectivity index (χ3v) is 2.72. The zero-order valence-electron chi connectivity index (χ0n) is 12.8. The molecule has 2 amide bonds. The van der Waals surface area contributed by atoms with Crippen LogP contribution in [0.3, 0.4) is 0 Å². The van der Waals surface area contributed by atoms with E-state index in [1.807, 2.05) is 0 Å². The Balaban J connectivity index is 4.10. The molecular formula is C13H28N2O5. The number of urea groups is 1. The van der Waals surface area contributed by atoms with Crippen LogP contribution in [0.2, 0.25) is 0 Å². The van der Waals surface area contributed by atoms with Crippen molar-refractivity contribution in [1.29, 1.82) is 0 Å². The van der Waals surface area contributed by atoms with E-state index < -0.39 is 12.8 Å². The summed E-state index contributed by atoms with van der Waals surface area (Å²) in [6, 6.07) is -0.399. The van der Waals surface area contributed by atoms with Crippen molar-refractivity contribution in [2.45, 2.75) is 32.6 Å². The van der Waals surface area contributed by atoms with Crippen molar-refractivity contribution in [2.24, 2.45) is 0 Å². The van der Waals surface area contributed by atoms with Crippen LogP contribution >= 0.6 is 0 Å². The van der Waals surface area contributed by atoms with Gasteiger partial charge in [-0.05, 0) is 19.3 Å². The molecule has 0 unspecified atom stereocenters. The maximum absolute atomic E-state index is 12.1. The molecule has 0 fully saturated rings. The number of aliphatic hydroxyl groups is 1. The van der Waals surface area contributed by atoms with E-state index in [0.717, 1.165) is 25.7 Å². The van der Waals surface area contributed by atoms with Crippen molar-refractivity contribution in [1.82, 2.24) is 9.96 Å². The summed E-state index contributed by atoms with van der Waals surface area (Å²) in [6.45, 7) is 3.39. The number of hydrogen-bond acceptors (Lipinski definition) is 5. The Hall–Kier alpha value is -0.890. The predicted molar refractivity (Wildman–Crippen MR) is 74.9 cm³/mol. The van der Waals surface area contributed by atoms with Crippen molar-refractivity contribution in [2.75, 3.05) is 47.4 Å². The fourth-order valence-electron chi connectivity index (χ4n) is 1.50. The first-order chi connectivity index (χ1) is 9.71. The smallest absolute Gasteiger partial charge is 0.347 e. The van der Waals surface area contributed by atoms with Crippen LogP contribution in [0.25, 0.3) is 0 Å². The van der Waals surface area contributed by atoms with Crippen molar-refractivity contribution in [3.63, 3.8) is 0 Å².